The maximum absolute atomic E-state index is 11.8. The smallest absolute Gasteiger partial charge is 0.339 e. The summed E-state index contributed by atoms with van der Waals surface area (Å²) in [5, 5.41) is 2.25. The summed E-state index contributed by atoms with van der Waals surface area (Å²) in [6, 6.07) is 21.3. The summed E-state index contributed by atoms with van der Waals surface area (Å²) >= 11 is 0. The molecule has 0 aliphatic rings. The summed E-state index contributed by atoms with van der Waals surface area (Å²) in [7, 11) is 1.37. The summed E-state index contributed by atoms with van der Waals surface area (Å²) in [5.74, 6) is 5.88. The van der Waals surface area contributed by atoms with Gasteiger partial charge in [0.2, 0.25) is 0 Å². The van der Waals surface area contributed by atoms with Crippen LogP contribution in [0.2, 0.25) is 0 Å². The van der Waals surface area contributed by atoms with Gasteiger partial charge in [0.25, 0.3) is 0 Å². The van der Waals surface area contributed by atoms with E-state index in [0.29, 0.717) is 11.1 Å². The quantitative estimate of drug-likeness (QED) is 0.499. The summed E-state index contributed by atoms with van der Waals surface area (Å²) in [6.07, 6.45) is 0. The molecule has 2 heteroatoms. The standard InChI is InChI=1S/C20H14O2/c1-22-20(21)19-12-5-3-8-17(19)14-13-16-10-6-9-15-7-2-4-11-18(15)16/h2-12H,1H3. The lowest BCUT2D eigenvalue weighted by Crippen LogP contribution is -2.03. The van der Waals surface area contributed by atoms with Crippen molar-refractivity contribution in [1.82, 2.24) is 0 Å². The molecular formula is C20H14O2. The first-order valence-corrected chi connectivity index (χ1v) is 6.97. The molecule has 2 nitrogen and oxygen atoms in total. The molecule has 0 aliphatic heterocycles. The van der Waals surface area contributed by atoms with Gasteiger partial charge in [-0.25, -0.2) is 4.79 Å². The molecule has 0 spiro atoms. The average Bonchev–Trinajstić information content (AvgIpc) is 2.59. The van der Waals surface area contributed by atoms with E-state index >= 15 is 0 Å². The first kappa shape index (κ1) is 13.9. The molecule has 3 rings (SSSR count). The van der Waals surface area contributed by atoms with E-state index in [1.807, 2.05) is 42.5 Å². The van der Waals surface area contributed by atoms with E-state index < -0.39 is 0 Å². The Labute approximate surface area is 129 Å². The van der Waals surface area contributed by atoms with Crippen molar-refractivity contribution in [3.63, 3.8) is 0 Å². The molecule has 0 aliphatic carbocycles. The van der Waals surface area contributed by atoms with Crippen LogP contribution in [0.15, 0.2) is 66.7 Å². The van der Waals surface area contributed by atoms with E-state index in [-0.39, 0.29) is 5.97 Å². The van der Waals surface area contributed by atoms with Crippen LogP contribution >= 0.6 is 0 Å². The molecule has 0 saturated heterocycles. The number of esters is 1. The third-order valence-electron chi connectivity index (χ3n) is 3.45. The SMILES string of the molecule is COC(=O)c1ccccc1C#Cc1cccc2ccccc12. The third-order valence-corrected chi connectivity index (χ3v) is 3.45. The van der Waals surface area contributed by atoms with Crippen LogP contribution in [0, 0.1) is 11.8 Å². The van der Waals surface area contributed by atoms with Crippen LogP contribution in [0.1, 0.15) is 21.5 Å². The van der Waals surface area contributed by atoms with Crippen molar-refractivity contribution < 1.29 is 9.53 Å². The molecule has 0 amide bonds. The highest BCUT2D eigenvalue weighted by atomic mass is 16.5. The second-order valence-electron chi connectivity index (χ2n) is 4.81. The van der Waals surface area contributed by atoms with Gasteiger partial charge in [0.05, 0.1) is 12.7 Å². The van der Waals surface area contributed by atoms with Crippen molar-refractivity contribution in [2.24, 2.45) is 0 Å². The first-order chi connectivity index (χ1) is 10.8. The minimum Gasteiger partial charge on any atom is -0.465 e. The number of rotatable bonds is 1. The monoisotopic (exact) mass is 286 g/mol. The summed E-state index contributed by atoms with van der Waals surface area (Å²) in [5.41, 5.74) is 2.10. The Morgan fingerprint density at radius 1 is 0.818 bits per heavy atom. The lowest BCUT2D eigenvalue weighted by Gasteiger charge is -2.02. The minimum absolute atomic E-state index is 0.372. The van der Waals surface area contributed by atoms with Gasteiger partial charge >= 0.3 is 5.97 Å². The zero-order valence-electron chi connectivity index (χ0n) is 12.2. The van der Waals surface area contributed by atoms with Crippen molar-refractivity contribution in [3.05, 3.63) is 83.4 Å². The molecular weight excluding hydrogens is 272 g/mol. The van der Waals surface area contributed by atoms with Crippen LogP contribution in [0.3, 0.4) is 0 Å². The molecule has 0 radical (unpaired) electrons. The van der Waals surface area contributed by atoms with E-state index in [2.05, 4.69) is 24.0 Å². The Bertz CT molecular complexity index is 893. The number of carbonyl (C=O) groups is 1. The molecule has 3 aromatic rings. The summed E-state index contributed by atoms with van der Waals surface area (Å²) in [4.78, 5) is 11.8. The van der Waals surface area contributed by atoms with Gasteiger partial charge < -0.3 is 4.74 Å². The van der Waals surface area contributed by atoms with Crippen molar-refractivity contribution in [2.45, 2.75) is 0 Å². The number of carbonyl (C=O) groups excluding carboxylic acids is 1. The third kappa shape index (κ3) is 2.70. The molecule has 0 saturated carbocycles. The molecule has 0 N–H and O–H groups in total. The van der Waals surface area contributed by atoms with E-state index in [4.69, 9.17) is 4.74 Å². The highest BCUT2D eigenvalue weighted by Crippen LogP contribution is 2.18. The van der Waals surface area contributed by atoms with E-state index in [1.54, 1.807) is 12.1 Å². The normalized spacial score (nSPS) is 9.86. The van der Waals surface area contributed by atoms with Crippen LogP contribution in [0.25, 0.3) is 10.8 Å². The average molecular weight is 286 g/mol. The zero-order valence-corrected chi connectivity index (χ0v) is 12.2. The fourth-order valence-corrected chi connectivity index (χ4v) is 2.35. The van der Waals surface area contributed by atoms with Gasteiger partial charge in [0, 0.05) is 11.1 Å². The Morgan fingerprint density at radius 2 is 1.45 bits per heavy atom. The topological polar surface area (TPSA) is 26.3 Å². The number of benzene rings is 3. The van der Waals surface area contributed by atoms with Crippen LogP contribution in [-0.2, 0) is 4.74 Å². The largest absolute Gasteiger partial charge is 0.465 e. The molecule has 0 bridgehead atoms. The van der Waals surface area contributed by atoms with Gasteiger partial charge in [-0.2, -0.15) is 0 Å². The molecule has 0 atom stereocenters. The first-order valence-electron chi connectivity index (χ1n) is 6.97. The number of hydrogen-bond donors (Lipinski definition) is 0. The van der Waals surface area contributed by atoms with Crippen molar-refractivity contribution in [2.75, 3.05) is 7.11 Å². The van der Waals surface area contributed by atoms with Gasteiger partial charge in [-0.3, -0.25) is 0 Å². The van der Waals surface area contributed by atoms with Crippen molar-refractivity contribution in [1.29, 1.82) is 0 Å². The van der Waals surface area contributed by atoms with Gasteiger partial charge in [-0.1, -0.05) is 60.4 Å². The number of methoxy groups -OCH3 is 1. The second-order valence-corrected chi connectivity index (χ2v) is 4.81. The van der Waals surface area contributed by atoms with E-state index in [0.717, 1.165) is 16.3 Å². The van der Waals surface area contributed by atoms with Crippen molar-refractivity contribution in [3.8, 4) is 11.8 Å². The molecule has 22 heavy (non-hydrogen) atoms. The van der Waals surface area contributed by atoms with Gasteiger partial charge in [-0.05, 0) is 29.0 Å². The van der Waals surface area contributed by atoms with E-state index in [9.17, 15) is 4.79 Å². The molecule has 0 fully saturated rings. The van der Waals surface area contributed by atoms with Gasteiger partial charge in [0.1, 0.15) is 0 Å². The molecule has 3 aromatic carbocycles. The van der Waals surface area contributed by atoms with Crippen LogP contribution in [-0.4, -0.2) is 13.1 Å². The Kier molecular flexibility index (Phi) is 3.89. The second kappa shape index (κ2) is 6.15. The number of fused-ring (bicyclic) bond motifs is 1. The van der Waals surface area contributed by atoms with Crippen LogP contribution in [0.5, 0.6) is 0 Å². The zero-order chi connectivity index (χ0) is 15.4. The lowest BCUT2D eigenvalue weighted by atomic mass is 10.0. The molecule has 106 valence electrons. The summed E-state index contributed by atoms with van der Waals surface area (Å²) < 4.78 is 4.79. The maximum atomic E-state index is 11.8. The predicted molar refractivity (Wildman–Crippen MR) is 87.7 cm³/mol. The molecule has 0 unspecified atom stereocenters. The minimum atomic E-state index is -0.372. The highest BCUT2D eigenvalue weighted by Gasteiger charge is 2.08. The van der Waals surface area contributed by atoms with Gasteiger partial charge in [-0.15, -0.1) is 0 Å². The maximum Gasteiger partial charge on any atom is 0.339 e. The summed E-state index contributed by atoms with van der Waals surface area (Å²) in [6.45, 7) is 0. The fourth-order valence-electron chi connectivity index (χ4n) is 2.35. The number of hydrogen-bond acceptors (Lipinski definition) is 2. The number of ether oxygens (including phenoxy) is 1. The fraction of sp³-hybridized carbons (Fsp3) is 0.0500. The predicted octanol–water partition coefficient (Wildman–Crippen LogP) is 4.03. The molecule has 0 heterocycles. The Hall–Kier alpha value is -3.05. The highest BCUT2D eigenvalue weighted by molar-refractivity contribution is 5.92. The van der Waals surface area contributed by atoms with Crippen LogP contribution < -0.4 is 0 Å². The van der Waals surface area contributed by atoms with Crippen molar-refractivity contribution >= 4 is 16.7 Å². The molecule has 0 aromatic heterocycles. The Balaban J connectivity index is 2.08. The van der Waals surface area contributed by atoms with E-state index in [1.165, 1.54) is 7.11 Å². The van der Waals surface area contributed by atoms with Crippen LogP contribution in [0.4, 0.5) is 0 Å². The van der Waals surface area contributed by atoms with Gasteiger partial charge in [0.15, 0.2) is 0 Å². The Morgan fingerprint density at radius 3 is 2.32 bits per heavy atom. The lowest BCUT2D eigenvalue weighted by molar-refractivity contribution is 0.0600.